The molecule has 138 valence electrons. The van der Waals surface area contributed by atoms with Gasteiger partial charge in [-0.1, -0.05) is 36.4 Å². The van der Waals surface area contributed by atoms with Crippen LogP contribution in [0.25, 0.3) is 0 Å². The van der Waals surface area contributed by atoms with Gasteiger partial charge in [-0.2, -0.15) is 0 Å². The lowest BCUT2D eigenvalue weighted by atomic mass is 10.0. The molecule has 2 N–H and O–H groups in total. The standard InChI is InChI=1S/C20H22FNO4/c1-14(26-18-9-5-8-16(21)13-18)20(25)22-17(10-11-19(23)24)12-15-6-3-2-4-7-15/h2-9,13-14,17H,10-12H2,1H3,(H,22,25)(H,23,24). The summed E-state index contributed by atoms with van der Waals surface area (Å²) in [6.45, 7) is 1.57. The summed E-state index contributed by atoms with van der Waals surface area (Å²) in [6.07, 6.45) is -0.0496. The van der Waals surface area contributed by atoms with E-state index in [1.54, 1.807) is 13.0 Å². The van der Waals surface area contributed by atoms with Crippen molar-refractivity contribution in [2.24, 2.45) is 0 Å². The van der Waals surface area contributed by atoms with Crippen LogP contribution in [0.15, 0.2) is 54.6 Å². The Balaban J connectivity index is 1.98. The second-order valence-electron chi connectivity index (χ2n) is 6.05. The summed E-state index contributed by atoms with van der Waals surface area (Å²) in [6, 6.07) is 14.7. The molecule has 0 saturated heterocycles. The maximum atomic E-state index is 13.2. The summed E-state index contributed by atoms with van der Waals surface area (Å²) in [7, 11) is 0. The zero-order valence-corrected chi connectivity index (χ0v) is 14.5. The molecule has 26 heavy (non-hydrogen) atoms. The van der Waals surface area contributed by atoms with Crippen molar-refractivity contribution < 1.29 is 23.8 Å². The molecule has 2 aromatic carbocycles. The summed E-state index contributed by atoms with van der Waals surface area (Å²) >= 11 is 0. The minimum Gasteiger partial charge on any atom is -0.481 e. The molecule has 0 fully saturated rings. The van der Waals surface area contributed by atoms with Crippen LogP contribution in [0.1, 0.15) is 25.3 Å². The van der Waals surface area contributed by atoms with Crippen LogP contribution in [0, 0.1) is 5.82 Å². The van der Waals surface area contributed by atoms with Crippen LogP contribution >= 0.6 is 0 Å². The number of carbonyl (C=O) groups excluding carboxylic acids is 1. The number of aliphatic carboxylic acids is 1. The van der Waals surface area contributed by atoms with Gasteiger partial charge >= 0.3 is 5.97 Å². The lowest BCUT2D eigenvalue weighted by Gasteiger charge is -2.21. The van der Waals surface area contributed by atoms with Gasteiger partial charge in [-0.15, -0.1) is 0 Å². The van der Waals surface area contributed by atoms with Crippen LogP contribution in [0.3, 0.4) is 0 Å². The summed E-state index contributed by atoms with van der Waals surface area (Å²) in [4.78, 5) is 23.3. The Morgan fingerprint density at radius 2 is 1.88 bits per heavy atom. The number of rotatable bonds is 9. The number of ether oxygens (including phenoxy) is 1. The molecule has 6 heteroatoms. The maximum Gasteiger partial charge on any atom is 0.303 e. The van der Waals surface area contributed by atoms with E-state index in [1.165, 1.54) is 18.2 Å². The third-order valence-electron chi connectivity index (χ3n) is 3.86. The van der Waals surface area contributed by atoms with E-state index in [-0.39, 0.29) is 24.1 Å². The minimum atomic E-state index is -0.915. The van der Waals surface area contributed by atoms with Crippen molar-refractivity contribution in [3.05, 3.63) is 66.0 Å². The molecule has 5 nitrogen and oxygen atoms in total. The molecule has 1 amide bonds. The fourth-order valence-electron chi connectivity index (χ4n) is 2.54. The molecule has 2 rings (SSSR count). The Morgan fingerprint density at radius 1 is 1.15 bits per heavy atom. The molecule has 0 spiro atoms. The van der Waals surface area contributed by atoms with Crippen molar-refractivity contribution in [2.75, 3.05) is 0 Å². The van der Waals surface area contributed by atoms with Crippen molar-refractivity contribution in [1.82, 2.24) is 5.32 Å². The smallest absolute Gasteiger partial charge is 0.303 e. The van der Waals surface area contributed by atoms with E-state index < -0.39 is 17.9 Å². The topological polar surface area (TPSA) is 75.6 Å². The second kappa shape index (κ2) is 9.56. The molecular weight excluding hydrogens is 337 g/mol. The van der Waals surface area contributed by atoms with Crippen molar-refractivity contribution in [3.8, 4) is 5.75 Å². The number of hydrogen-bond acceptors (Lipinski definition) is 3. The van der Waals surface area contributed by atoms with E-state index >= 15 is 0 Å². The lowest BCUT2D eigenvalue weighted by Crippen LogP contribution is -2.43. The van der Waals surface area contributed by atoms with Gasteiger partial charge in [-0.25, -0.2) is 4.39 Å². The molecular formula is C20H22FNO4. The van der Waals surface area contributed by atoms with E-state index in [1.807, 2.05) is 30.3 Å². The molecule has 0 aliphatic carbocycles. The quantitative estimate of drug-likeness (QED) is 0.721. The first kappa shape index (κ1) is 19.4. The normalized spacial score (nSPS) is 12.8. The van der Waals surface area contributed by atoms with Gasteiger partial charge in [0.2, 0.25) is 0 Å². The van der Waals surface area contributed by atoms with Gasteiger partial charge in [0.25, 0.3) is 5.91 Å². The zero-order chi connectivity index (χ0) is 18.9. The van der Waals surface area contributed by atoms with Gasteiger partial charge < -0.3 is 15.2 Å². The number of hydrogen-bond donors (Lipinski definition) is 2. The summed E-state index contributed by atoms with van der Waals surface area (Å²) < 4.78 is 18.7. The van der Waals surface area contributed by atoms with Crippen LogP contribution < -0.4 is 10.1 Å². The van der Waals surface area contributed by atoms with E-state index in [9.17, 15) is 14.0 Å². The molecule has 0 heterocycles. The Bertz CT molecular complexity index is 736. The van der Waals surface area contributed by atoms with Crippen LogP contribution in [-0.4, -0.2) is 29.1 Å². The number of carbonyl (C=O) groups is 2. The number of amides is 1. The van der Waals surface area contributed by atoms with Gasteiger partial charge in [0.1, 0.15) is 11.6 Å². The molecule has 2 atom stereocenters. The molecule has 0 aromatic heterocycles. The lowest BCUT2D eigenvalue weighted by molar-refractivity contribution is -0.137. The highest BCUT2D eigenvalue weighted by Gasteiger charge is 2.20. The zero-order valence-electron chi connectivity index (χ0n) is 14.5. The molecule has 2 unspecified atom stereocenters. The Hall–Kier alpha value is -2.89. The van der Waals surface area contributed by atoms with E-state index in [0.717, 1.165) is 5.56 Å². The fraction of sp³-hybridized carbons (Fsp3) is 0.300. The van der Waals surface area contributed by atoms with Crippen LogP contribution in [0.4, 0.5) is 4.39 Å². The first-order valence-electron chi connectivity index (χ1n) is 8.42. The number of benzene rings is 2. The van der Waals surface area contributed by atoms with Crippen molar-refractivity contribution in [1.29, 1.82) is 0 Å². The van der Waals surface area contributed by atoms with Crippen molar-refractivity contribution in [2.45, 2.75) is 38.3 Å². The monoisotopic (exact) mass is 359 g/mol. The number of carboxylic acid groups (broad SMARTS) is 1. The first-order chi connectivity index (χ1) is 12.4. The molecule has 0 aliphatic heterocycles. The number of nitrogens with one attached hydrogen (secondary N) is 1. The van der Waals surface area contributed by atoms with E-state index in [0.29, 0.717) is 12.8 Å². The summed E-state index contributed by atoms with van der Waals surface area (Å²) in [5, 5.41) is 11.8. The fourth-order valence-corrected chi connectivity index (χ4v) is 2.54. The van der Waals surface area contributed by atoms with Crippen molar-refractivity contribution >= 4 is 11.9 Å². The SMILES string of the molecule is CC(Oc1cccc(F)c1)C(=O)NC(CCC(=O)O)Cc1ccccc1. The number of carboxylic acids is 1. The van der Waals surface area contributed by atoms with Crippen molar-refractivity contribution in [3.63, 3.8) is 0 Å². The van der Waals surface area contributed by atoms with Gasteiger partial charge in [0.15, 0.2) is 6.10 Å². The number of halogens is 1. The highest BCUT2D eigenvalue weighted by Crippen LogP contribution is 2.14. The molecule has 0 aliphatic rings. The molecule has 0 radical (unpaired) electrons. The Labute approximate surface area is 151 Å². The van der Waals surface area contributed by atoms with E-state index in [2.05, 4.69) is 5.32 Å². The molecule has 0 bridgehead atoms. The predicted octanol–water partition coefficient (Wildman–Crippen LogP) is 3.19. The average molecular weight is 359 g/mol. The Morgan fingerprint density at radius 3 is 2.54 bits per heavy atom. The van der Waals surface area contributed by atoms with Crippen LogP contribution in [-0.2, 0) is 16.0 Å². The Kier molecular flexibility index (Phi) is 7.14. The molecule has 2 aromatic rings. The van der Waals surface area contributed by atoms with Gasteiger partial charge in [-0.05, 0) is 37.5 Å². The van der Waals surface area contributed by atoms with E-state index in [4.69, 9.17) is 9.84 Å². The summed E-state index contributed by atoms with van der Waals surface area (Å²) in [5.41, 5.74) is 1.00. The highest BCUT2D eigenvalue weighted by atomic mass is 19.1. The van der Waals surface area contributed by atoms with Gasteiger partial charge in [-0.3, -0.25) is 9.59 Å². The average Bonchev–Trinajstić information content (AvgIpc) is 2.60. The maximum absolute atomic E-state index is 13.2. The van der Waals surface area contributed by atoms with Gasteiger partial charge in [0.05, 0.1) is 0 Å². The highest BCUT2D eigenvalue weighted by molar-refractivity contribution is 5.81. The third kappa shape index (κ3) is 6.55. The second-order valence-corrected chi connectivity index (χ2v) is 6.05. The first-order valence-corrected chi connectivity index (χ1v) is 8.42. The van der Waals surface area contributed by atoms with Gasteiger partial charge in [0, 0.05) is 18.5 Å². The largest absolute Gasteiger partial charge is 0.481 e. The molecule has 0 saturated carbocycles. The van der Waals surface area contributed by atoms with Crippen LogP contribution in [0.5, 0.6) is 5.75 Å². The third-order valence-corrected chi connectivity index (χ3v) is 3.86. The minimum absolute atomic E-state index is 0.0447. The predicted molar refractivity (Wildman–Crippen MR) is 95.4 cm³/mol. The summed E-state index contributed by atoms with van der Waals surface area (Å²) in [5.74, 6) is -1.47. The van der Waals surface area contributed by atoms with Crippen LogP contribution in [0.2, 0.25) is 0 Å².